The molecule has 0 radical (unpaired) electrons. The molecule has 128 valence electrons. The predicted molar refractivity (Wildman–Crippen MR) is 96.4 cm³/mol. The van der Waals surface area contributed by atoms with Crippen molar-refractivity contribution >= 4 is 0 Å². The number of ether oxygens (including phenoxy) is 2. The minimum atomic E-state index is -0.00332. The van der Waals surface area contributed by atoms with E-state index in [0.29, 0.717) is 5.92 Å². The number of benzene rings is 1. The number of aromatic amines is 1. The van der Waals surface area contributed by atoms with E-state index in [0.717, 1.165) is 28.6 Å². The molecule has 0 saturated carbocycles. The molecular formula is C19H30N2O2. The highest BCUT2D eigenvalue weighted by Crippen LogP contribution is 2.45. The van der Waals surface area contributed by atoms with Gasteiger partial charge in [-0.25, -0.2) is 4.98 Å². The van der Waals surface area contributed by atoms with Gasteiger partial charge in [0, 0.05) is 18.0 Å². The van der Waals surface area contributed by atoms with Crippen molar-refractivity contribution in [3.8, 4) is 22.8 Å². The number of H-pyrrole nitrogens is 1. The Morgan fingerprint density at radius 1 is 1.13 bits per heavy atom. The summed E-state index contributed by atoms with van der Waals surface area (Å²) in [6.07, 6.45) is 1.87. The van der Waals surface area contributed by atoms with Crippen molar-refractivity contribution in [3.63, 3.8) is 0 Å². The van der Waals surface area contributed by atoms with Gasteiger partial charge in [0.2, 0.25) is 6.79 Å². The summed E-state index contributed by atoms with van der Waals surface area (Å²) in [6.45, 7) is 15.0. The summed E-state index contributed by atoms with van der Waals surface area (Å²) in [5, 5.41) is 0. The monoisotopic (exact) mass is 318 g/mol. The SMILES string of the molecule is CC.CC(C)c1ccc(-c2cnc(C(C)(C)C)[nH]2)c2c1OCO2.[HH]. The summed E-state index contributed by atoms with van der Waals surface area (Å²) < 4.78 is 11.4. The third-order valence-electron chi connectivity index (χ3n) is 3.75. The summed E-state index contributed by atoms with van der Waals surface area (Å²) in [4.78, 5) is 7.90. The van der Waals surface area contributed by atoms with Gasteiger partial charge in [0.15, 0.2) is 11.5 Å². The van der Waals surface area contributed by atoms with Gasteiger partial charge in [-0.15, -0.1) is 0 Å². The average molecular weight is 318 g/mol. The maximum absolute atomic E-state index is 5.70. The van der Waals surface area contributed by atoms with Crippen molar-refractivity contribution in [1.82, 2.24) is 9.97 Å². The van der Waals surface area contributed by atoms with Crippen LogP contribution in [0.3, 0.4) is 0 Å². The van der Waals surface area contributed by atoms with E-state index in [1.54, 1.807) is 0 Å². The minimum absolute atomic E-state index is 0. The molecule has 0 saturated heterocycles. The summed E-state index contributed by atoms with van der Waals surface area (Å²) in [7, 11) is 0. The second kappa shape index (κ2) is 6.65. The Morgan fingerprint density at radius 3 is 2.35 bits per heavy atom. The maximum atomic E-state index is 5.70. The largest absolute Gasteiger partial charge is 0.453 e. The Labute approximate surface area is 140 Å². The van der Waals surface area contributed by atoms with E-state index in [9.17, 15) is 0 Å². The number of rotatable bonds is 2. The van der Waals surface area contributed by atoms with Gasteiger partial charge in [0.1, 0.15) is 5.82 Å². The second-order valence-electron chi connectivity index (χ2n) is 6.82. The van der Waals surface area contributed by atoms with Crippen LogP contribution in [0.25, 0.3) is 11.3 Å². The molecule has 4 heteroatoms. The quantitative estimate of drug-likeness (QED) is 0.795. The van der Waals surface area contributed by atoms with Gasteiger partial charge in [-0.3, -0.25) is 0 Å². The van der Waals surface area contributed by atoms with Crippen LogP contribution in [0.1, 0.15) is 67.2 Å². The minimum Gasteiger partial charge on any atom is -0.453 e. The van der Waals surface area contributed by atoms with Gasteiger partial charge >= 0.3 is 0 Å². The molecule has 0 fully saturated rings. The Morgan fingerprint density at radius 2 is 1.78 bits per heavy atom. The van der Waals surface area contributed by atoms with E-state index in [1.807, 2.05) is 20.0 Å². The molecule has 2 heterocycles. The fourth-order valence-corrected chi connectivity index (χ4v) is 2.52. The fourth-order valence-electron chi connectivity index (χ4n) is 2.52. The molecule has 2 aromatic rings. The van der Waals surface area contributed by atoms with Crippen molar-refractivity contribution in [3.05, 3.63) is 29.7 Å². The predicted octanol–water partition coefficient (Wildman–Crippen LogP) is 5.50. The van der Waals surface area contributed by atoms with E-state index in [4.69, 9.17) is 9.47 Å². The van der Waals surface area contributed by atoms with Crippen LogP contribution in [0.2, 0.25) is 0 Å². The topological polar surface area (TPSA) is 47.1 Å². The molecule has 1 aromatic heterocycles. The Hall–Kier alpha value is -1.97. The first-order chi connectivity index (χ1) is 10.9. The number of nitrogens with zero attached hydrogens (tertiary/aromatic N) is 1. The lowest BCUT2D eigenvalue weighted by molar-refractivity contribution is 0.173. The molecule has 0 spiro atoms. The Bertz CT molecular complexity index is 672. The van der Waals surface area contributed by atoms with Crippen LogP contribution >= 0.6 is 0 Å². The highest BCUT2D eigenvalue weighted by Gasteiger charge is 2.25. The normalized spacial score (nSPS) is 13.0. The van der Waals surface area contributed by atoms with E-state index in [-0.39, 0.29) is 13.6 Å². The number of aromatic nitrogens is 2. The van der Waals surface area contributed by atoms with Crippen LogP contribution in [0.4, 0.5) is 0 Å². The number of hydrogen-bond acceptors (Lipinski definition) is 3. The Balaban J connectivity index is 0.000000925. The van der Waals surface area contributed by atoms with E-state index >= 15 is 0 Å². The van der Waals surface area contributed by atoms with Crippen LogP contribution in [-0.2, 0) is 5.41 Å². The van der Waals surface area contributed by atoms with Gasteiger partial charge in [-0.1, -0.05) is 54.5 Å². The summed E-state index contributed by atoms with van der Waals surface area (Å²) >= 11 is 0. The summed E-state index contributed by atoms with van der Waals surface area (Å²) in [5.41, 5.74) is 3.16. The van der Waals surface area contributed by atoms with E-state index < -0.39 is 0 Å². The summed E-state index contributed by atoms with van der Waals surface area (Å²) in [5.74, 6) is 3.07. The number of hydrogen-bond donors (Lipinski definition) is 1. The lowest BCUT2D eigenvalue weighted by Gasteiger charge is -2.14. The Kier molecular flexibility index (Phi) is 5.03. The van der Waals surface area contributed by atoms with Crippen molar-refractivity contribution in [2.75, 3.05) is 6.79 Å². The third kappa shape index (κ3) is 3.36. The van der Waals surface area contributed by atoms with Crippen LogP contribution in [0.15, 0.2) is 18.3 Å². The maximum Gasteiger partial charge on any atom is 0.231 e. The van der Waals surface area contributed by atoms with E-state index in [2.05, 4.69) is 56.7 Å². The molecule has 1 aliphatic rings. The zero-order valence-electron chi connectivity index (χ0n) is 15.3. The number of fused-ring (bicyclic) bond motifs is 1. The smallest absolute Gasteiger partial charge is 0.231 e. The van der Waals surface area contributed by atoms with Crippen LogP contribution in [0, 0.1) is 0 Å². The highest BCUT2D eigenvalue weighted by atomic mass is 16.7. The summed E-state index contributed by atoms with van der Waals surface area (Å²) in [6, 6.07) is 4.20. The fraction of sp³-hybridized carbons (Fsp3) is 0.526. The molecule has 0 unspecified atom stereocenters. The van der Waals surface area contributed by atoms with Gasteiger partial charge < -0.3 is 14.5 Å². The number of nitrogens with one attached hydrogen (secondary N) is 1. The molecular weight excluding hydrogens is 288 g/mol. The van der Waals surface area contributed by atoms with Crippen LogP contribution < -0.4 is 9.47 Å². The molecule has 0 amide bonds. The first-order valence-electron chi connectivity index (χ1n) is 8.36. The standard InChI is InChI=1S/C17H22N2O2.C2H6.H2/c1-10(2)11-6-7-12(15-14(11)20-9-21-15)13-8-18-16(19-13)17(3,4)5;1-2;/h6-8,10H,9H2,1-5H3,(H,18,19);1-2H3;1H. The molecule has 4 nitrogen and oxygen atoms in total. The van der Waals surface area contributed by atoms with Crippen LogP contribution in [-0.4, -0.2) is 16.8 Å². The van der Waals surface area contributed by atoms with Crippen molar-refractivity contribution in [2.24, 2.45) is 0 Å². The third-order valence-corrected chi connectivity index (χ3v) is 3.75. The zero-order valence-corrected chi connectivity index (χ0v) is 15.3. The van der Waals surface area contributed by atoms with Gasteiger partial charge in [-0.2, -0.15) is 0 Å². The van der Waals surface area contributed by atoms with Gasteiger partial charge in [0.05, 0.1) is 11.9 Å². The van der Waals surface area contributed by atoms with Gasteiger partial charge in [-0.05, 0) is 12.0 Å². The molecule has 23 heavy (non-hydrogen) atoms. The molecule has 1 N–H and O–H groups in total. The molecule has 1 aromatic carbocycles. The van der Waals surface area contributed by atoms with E-state index in [1.165, 1.54) is 5.56 Å². The van der Waals surface area contributed by atoms with Crippen molar-refractivity contribution in [1.29, 1.82) is 0 Å². The molecule has 0 bridgehead atoms. The molecule has 0 aliphatic carbocycles. The average Bonchev–Trinajstić information content (AvgIpc) is 3.17. The molecule has 1 aliphatic heterocycles. The molecule has 0 atom stereocenters. The van der Waals surface area contributed by atoms with Crippen molar-refractivity contribution < 1.29 is 10.9 Å². The lowest BCUT2D eigenvalue weighted by Crippen LogP contribution is -2.13. The number of imidazole rings is 1. The highest BCUT2D eigenvalue weighted by molar-refractivity contribution is 5.73. The lowest BCUT2D eigenvalue weighted by atomic mass is 9.96. The first kappa shape index (κ1) is 17.4. The second-order valence-corrected chi connectivity index (χ2v) is 6.82. The van der Waals surface area contributed by atoms with Gasteiger partial charge in [0.25, 0.3) is 0 Å². The first-order valence-corrected chi connectivity index (χ1v) is 8.36. The zero-order chi connectivity index (χ0) is 17.2. The molecule has 3 rings (SSSR count). The van der Waals surface area contributed by atoms with Crippen LogP contribution in [0.5, 0.6) is 11.5 Å². The van der Waals surface area contributed by atoms with Crippen molar-refractivity contribution in [2.45, 2.75) is 59.8 Å².